The van der Waals surface area contributed by atoms with Gasteiger partial charge in [-0.1, -0.05) is 20.3 Å². The Hall–Kier alpha value is -1.16. The van der Waals surface area contributed by atoms with Gasteiger partial charge < -0.3 is 10.1 Å². The summed E-state index contributed by atoms with van der Waals surface area (Å²) in [5, 5.41) is 3.47. The molecule has 1 aromatic heterocycles. The number of hydrogen-bond donors (Lipinski definition) is 1. The number of aryl methyl sites for hydroxylation is 1. The maximum atomic E-state index is 5.80. The fraction of sp³-hybridized carbons (Fsp3) is 0.714. The van der Waals surface area contributed by atoms with Gasteiger partial charge in [0.1, 0.15) is 12.4 Å². The van der Waals surface area contributed by atoms with Gasteiger partial charge in [-0.05, 0) is 26.3 Å². The number of aromatic nitrogens is 2. The molecule has 100 valence electrons. The molecule has 1 aliphatic heterocycles. The van der Waals surface area contributed by atoms with E-state index in [1.54, 1.807) is 0 Å². The van der Waals surface area contributed by atoms with Crippen molar-refractivity contribution in [2.45, 2.75) is 52.0 Å². The standard InChI is InChI=1S/C14H23N3O/c1-10(2)14-16-11(3)8-13(17-14)18-9-12-6-4-5-7-15-12/h8,10,12,15H,4-7,9H2,1-3H3. The summed E-state index contributed by atoms with van der Waals surface area (Å²) in [5.74, 6) is 1.90. The average molecular weight is 249 g/mol. The lowest BCUT2D eigenvalue weighted by atomic mass is 10.1. The van der Waals surface area contributed by atoms with Gasteiger partial charge in [-0.25, -0.2) is 4.98 Å². The minimum Gasteiger partial charge on any atom is -0.476 e. The zero-order chi connectivity index (χ0) is 13.0. The molecule has 1 unspecified atom stereocenters. The first kappa shape index (κ1) is 13.3. The lowest BCUT2D eigenvalue weighted by Crippen LogP contribution is -2.38. The molecule has 18 heavy (non-hydrogen) atoms. The van der Waals surface area contributed by atoms with E-state index in [1.807, 2.05) is 13.0 Å². The quantitative estimate of drug-likeness (QED) is 0.890. The fourth-order valence-corrected chi connectivity index (χ4v) is 2.15. The van der Waals surface area contributed by atoms with E-state index < -0.39 is 0 Å². The molecule has 0 radical (unpaired) electrons. The van der Waals surface area contributed by atoms with Crippen LogP contribution in [-0.2, 0) is 0 Å². The fourth-order valence-electron chi connectivity index (χ4n) is 2.15. The van der Waals surface area contributed by atoms with Crippen molar-refractivity contribution in [3.05, 3.63) is 17.6 Å². The van der Waals surface area contributed by atoms with Gasteiger partial charge in [0, 0.05) is 23.7 Å². The summed E-state index contributed by atoms with van der Waals surface area (Å²) in [6.07, 6.45) is 3.77. The van der Waals surface area contributed by atoms with Crippen molar-refractivity contribution in [2.24, 2.45) is 0 Å². The minimum atomic E-state index is 0.333. The maximum Gasteiger partial charge on any atom is 0.216 e. The van der Waals surface area contributed by atoms with Crippen LogP contribution in [0.3, 0.4) is 0 Å². The first-order valence-electron chi connectivity index (χ1n) is 6.87. The van der Waals surface area contributed by atoms with Crippen molar-refractivity contribution >= 4 is 0 Å². The second-order valence-corrected chi connectivity index (χ2v) is 5.32. The van der Waals surface area contributed by atoms with Crippen LogP contribution >= 0.6 is 0 Å². The molecule has 0 saturated carbocycles. The zero-order valence-corrected chi connectivity index (χ0v) is 11.6. The summed E-state index contributed by atoms with van der Waals surface area (Å²) < 4.78 is 5.80. The molecule has 4 heteroatoms. The van der Waals surface area contributed by atoms with Gasteiger partial charge in [0.15, 0.2) is 0 Å². The van der Waals surface area contributed by atoms with Gasteiger partial charge in [-0.2, -0.15) is 4.98 Å². The molecule has 0 aliphatic carbocycles. The molecule has 1 N–H and O–H groups in total. The number of ether oxygens (including phenoxy) is 1. The van der Waals surface area contributed by atoms with Crippen molar-refractivity contribution in [3.8, 4) is 5.88 Å². The highest BCUT2D eigenvalue weighted by atomic mass is 16.5. The number of nitrogens with zero attached hydrogens (tertiary/aromatic N) is 2. The van der Waals surface area contributed by atoms with E-state index in [1.165, 1.54) is 19.3 Å². The molecule has 2 rings (SSSR count). The van der Waals surface area contributed by atoms with E-state index >= 15 is 0 Å². The van der Waals surface area contributed by atoms with Crippen LogP contribution in [0.2, 0.25) is 0 Å². The van der Waals surface area contributed by atoms with Gasteiger partial charge >= 0.3 is 0 Å². The van der Waals surface area contributed by atoms with Crippen LogP contribution in [0.1, 0.15) is 50.5 Å². The molecule has 0 bridgehead atoms. The van der Waals surface area contributed by atoms with Gasteiger partial charge in [0.2, 0.25) is 5.88 Å². The van der Waals surface area contributed by atoms with Crippen molar-refractivity contribution in [1.82, 2.24) is 15.3 Å². The Balaban J connectivity index is 1.95. The van der Waals surface area contributed by atoms with Crippen LogP contribution in [0.4, 0.5) is 0 Å². The van der Waals surface area contributed by atoms with Crippen molar-refractivity contribution < 1.29 is 4.74 Å². The predicted octanol–water partition coefficient (Wildman–Crippen LogP) is 2.43. The topological polar surface area (TPSA) is 47.0 Å². The highest BCUT2D eigenvalue weighted by molar-refractivity contribution is 5.16. The monoisotopic (exact) mass is 249 g/mol. The summed E-state index contributed by atoms with van der Waals surface area (Å²) >= 11 is 0. The third-order valence-corrected chi connectivity index (χ3v) is 3.21. The summed E-state index contributed by atoms with van der Waals surface area (Å²) in [5.41, 5.74) is 0.973. The van der Waals surface area contributed by atoms with Crippen LogP contribution in [0, 0.1) is 6.92 Å². The van der Waals surface area contributed by atoms with Crippen molar-refractivity contribution in [3.63, 3.8) is 0 Å². The molecule has 2 heterocycles. The second kappa shape index (κ2) is 6.14. The van der Waals surface area contributed by atoms with E-state index in [4.69, 9.17) is 4.74 Å². The van der Waals surface area contributed by atoms with Crippen LogP contribution in [0.25, 0.3) is 0 Å². The Morgan fingerprint density at radius 3 is 2.89 bits per heavy atom. The molecule has 4 nitrogen and oxygen atoms in total. The first-order chi connectivity index (χ1) is 8.65. The van der Waals surface area contributed by atoms with Crippen LogP contribution in [-0.4, -0.2) is 29.2 Å². The van der Waals surface area contributed by atoms with Gasteiger partial charge in [0.25, 0.3) is 0 Å². The average Bonchev–Trinajstić information content (AvgIpc) is 2.37. The highest BCUT2D eigenvalue weighted by Gasteiger charge is 2.14. The maximum absolute atomic E-state index is 5.80. The molecule has 1 fully saturated rings. The molecule has 0 aromatic carbocycles. The normalized spacial score (nSPS) is 20.1. The summed E-state index contributed by atoms with van der Waals surface area (Å²) in [7, 11) is 0. The SMILES string of the molecule is Cc1cc(OCC2CCCCN2)nc(C(C)C)n1. The highest BCUT2D eigenvalue weighted by Crippen LogP contribution is 2.16. The lowest BCUT2D eigenvalue weighted by Gasteiger charge is -2.23. The summed E-state index contributed by atoms with van der Waals surface area (Å²) in [6, 6.07) is 2.38. The van der Waals surface area contributed by atoms with Crippen LogP contribution < -0.4 is 10.1 Å². The Labute approximate surface area is 109 Å². The molecule has 1 aromatic rings. The Kier molecular flexibility index (Phi) is 4.53. The molecule has 1 aliphatic rings. The lowest BCUT2D eigenvalue weighted by molar-refractivity contribution is 0.231. The molecular formula is C14H23N3O. The van der Waals surface area contributed by atoms with E-state index in [9.17, 15) is 0 Å². The molecular weight excluding hydrogens is 226 g/mol. The van der Waals surface area contributed by atoms with Crippen LogP contribution in [0.5, 0.6) is 5.88 Å². The molecule has 0 amide bonds. The zero-order valence-electron chi connectivity index (χ0n) is 11.6. The van der Waals surface area contributed by atoms with Crippen LogP contribution in [0.15, 0.2) is 6.07 Å². The van der Waals surface area contributed by atoms with E-state index in [2.05, 4.69) is 29.1 Å². The smallest absolute Gasteiger partial charge is 0.216 e. The molecule has 0 spiro atoms. The number of nitrogens with one attached hydrogen (secondary N) is 1. The van der Waals surface area contributed by atoms with E-state index in [0.717, 1.165) is 18.1 Å². The first-order valence-corrected chi connectivity index (χ1v) is 6.87. The molecule has 1 atom stereocenters. The second-order valence-electron chi connectivity index (χ2n) is 5.32. The van der Waals surface area contributed by atoms with Crippen molar-refractivity contribution in [2.75, 3.05) is 13.2 Å². The summed E-state index contributed by atoms with van der Waals surface area (Å²) in [6.45, 7) is 7.99. The van der Waals surface area contributed by atoms with Gasteiger partial charge in [0.05, 0.1) is 0 Å². The van der Waals surface area contributed by atoms with Crippen molar-refractivity contribution in [1.29, 1.82) is 0 Å². The van der Waals surface area contributed by atoms with E-state index in [-0.39, 0.29) is 0 Å². The van der Waals surface area contributed by atoms with Gasteiger partial charge in [-0.15, -0.1) is 0 Å². The third-order valence-electron chi connectivity index (χ3n) is 3.21. The largest absolute Gasteiger partial charge is 0.476 e. The predicted molar refractivity (Wildman–Crippen MR) is 72.0 cm³/mol. The Morgan fingerprint density at radius 2 is 2.22 bits per heavy atom. The molecule has 1 saturated heterocycles. The van der Waals surface area contributed by atoms with E-state index in [0.29, 0.717) is 24.4 Å². The Bertz CT molecular complexity index is 387. The van der Waals surface area contributed by atoms with Gasteiger partial charge in [-0.3, -0.25) is 0 Å². The summed E-state index contributed by atoms with van der Waals surface area (Å²) in [4.78, 5) is 8.88. The number of piperidine rings is 1. The Morgan fingerprint density at radius 1 is 1.39 bits per heavy atom. The number of rotatable bonds is 4. The number of hydrogen-bond acceptors (Lipinski definition) is 4. The minimum absolute atomic E-state index is 0.333. The third kappa shape index (κ3) is 3.67.